The summed E-state index contributed by atoms with van der Waals surface area (Å²) in [7, 11) is 0. The Balaban J connectivity index is 3.30. The Morgan fingerprint density at radius 3 is 2.17 bits per heavy atom. The van der Waals surface area contributed by atoms with Crippen molar-refractivity contribution in [2.24, 2.45) is 0 Å². The summed E-state index contributed by atoms with van der Waals surface area (Å²) in [5.74, 6) is 0. The van der Waals surface area contributed by atoms with Gasteiger partial charge in [0.1, 0.15) is 0 Å². The molecule has 1 aromatic rings. The highest BCUT2D eigenvalue weighted by atomic mass is 14.5. The molecule has 0 amide bonds. The first kappa shape index (κ1) is 8.65. The third-order valence-electron chi connectivity index (χ3n) is 1.89. The van der Waals surface area contributed by atoms with Crippen molar-refractivity contribution in [3.8, 4) is 0 Å². The fraction of sp³-hybridized carbons (Fsp3) is 0.200. The molecule has 0 fully saturated rings. The second-order valence-corrected chi connectivity index (χ2v) is 2.82. The standard InChI is InChI=1S/C10H12N2/c1-7-4-3-5-8(2)10(7)9(12)6-11/h3-6,11-12H,1-2H3. The van der Waals surface area contributed by atoms with Gasteiger partial charge in [0.25, 0.3) is 0 Å². The van der Waals surface area contributed by atoms with Gasteiger partial charge in [0.2, 0.25) is 0 Å². The Morgan fingerprint density at radius 2 is 1.75 bits per heavy atom. The lowest BCUT2D eigenvalue weighted by Crippen LogP contribution is -2.04. The average Bonchev–Trinajstić information content (AvgIpc) is 2.03. The Bertz CT molecular complexity index is 306. The van der Waals surface area contributed by atoms with E-state index in [9.17, 15) is 0 Å². The smallest absolute Gasteiger partial charge is 0.0793 e. The Morgan fingerprint density at radius 1 is 1.25 bits per heavy atom. The van der Waals surface area contributed by atoms with E-state index in [2.05, 4.69) is 0 Å². The van der Waals surface area contributed by atoms with Crippen LogP contribution in [0.25, 0.3) is 0 Å². The van der Waals surface area contributed by atoms with Crippen LogP contribution >= 0.6 is 0 Å². The van der Waals surface area contributed by atoms with Gasteiger partial charge >= 0.3 is 0 Å². The normalized spacial score (nSPS) is 9.50. The van der Waals surface area contributed by atoms with Crippen LogP contribution in [0.15, 0.2) is 18.2 Å². The number of nitrogens with one attached hydrogen (secondary N) is 2. The van der Waals surface area contributed by atoms with Crippen molar-refractivity contribution in [3.63, 3.8) is 0 Å². The van der Waals surface area contributed by atoms with Crippen LogP contribution in [-0.2, 0) is 0 Å². The monoisotopic (exact) mass is 160 g/mol. The molecule has 2 heteroatoms. The van der Waals surface area contributed by atoms with Crippen molar-refractivity contribution < 1.29 is 0 Å². The fourth-order valence-electron chi connectivity index (χ4n) is 1.31. The lowest BCUT2D eigenvalue weighted by molar-refractivity contribution is 1.34. The molecule has 0 heterocycles. The van der Waals surface area contributed by atoms with Crippen molar-refractivity contribution in [3.05, 3.63) is 34.9 Å². The van der Waals surface area contributed by atoms with E-state index in [0.717, 1.165) is 22.9 Å². The fourth-order valence-corrected chi connectivity index (χ4v) is 1.31. The molecule has 0 unspecified atom stereocenters. The molecule has 1 aromatic carbocycles. The minimum absolute atomic E-state index is 0.283. The van der Waals surface area contributed by atoms with Crippen LogP contribution in [0.4, 0.5) is 0 Å². The van der Waals surface area contributed by atoms with Crippen LogP contribution in [0.3, 0.4) is 0 Å². The summed E-state index contributed by atoms with van der Waals surface area (Å²) >= 11 is 0. The highest BCUT2D eigenvalue weighted by Crippen LogP contribution is 2.12. The maximum Gasteiger partial charge on any atom is 0.0793 e. The van der Waals surface area contributed by atoms with E-state index in [0.29, 0.717) is 0 Å². The molecule has 0 atom stereocenters. The van der Waals surface area contributed by atoms with Gasteiger partial charge in [-0.1, -0.05) is 18.2 Å². The lowest BCUT2D eigenvalue weighted by Gasteiger charge is -2.06. The lowest BCUT2D eigenvalue weighted by atomic mass is 9.99. The number of hydrogen-bond donors (Lipinski definition) is 2. The second kappa shape index (κ2) is 3.30. The molecule has 62 valence electrons. The SMILES string of the molecule is Cc1cccc(C)c1C(=N)C=N. The van der Waals surface area contributed by atoms with Gasteiger partial charge < -0.3 is 5.41 Å². The molecule has 12 heavy (non-hydrogen) atoms. The summed E-state index contributed by atoms with van der Waals surface area (Å²) in [5.41, 5.74) is 3.28. The molecule has 0 saturated heterocycles. The van der Waals surface area contributed by atoms with E-state index in [1.807, 2.05) is 32.0 Å². The Hall–Kier alpha value is -1.44. The Labute approximate surface area is 72.3 Å². The van der Waals surface area contributed by atoms with E-state index < -0.39 is 0 Å². The van der Waals surface area contributed by atoms with E-state index in [4.69, 9.17) is 10.8 Å². The molecule has 2 nitrogen and oxygen atoms in total. The van der Waals surface area contributed by atoms with Crippen LogP contribution in [0.1, 0.15) is 16.7 Å². The molecular weight excluding hydrogens is 148 g/mol. The molecule has 0 spiro atoms. The van der Waals surface area contributed by atoms with Crippen LogP contribution in [0, 0.1) is 24.7 Å². The first-order chi connectivity index (χ1) is 5.66. The predicted molar refractivity (Wildman–Crippen MR) is 51.5 cm³/mol. The number of aryl methyl sites for hydroxylation is 2. The summed E-state index contributed by atoms with van der Waals surface area (Å²) in [5, 5.41) is 14.5. The molecule has 0 bridgehead atoms. The number of benzene rings is 1. The molecule has 0 aromatic heterocycles. The predicted octanol–water partition coefficient (Wildman–Crippen LogP) is 2.32. The zero-order valence-electron chi connectivity index (χ0n) is 7.31. The Kier molecular flexibility index (Phi) is 2.38. The number of hydrogen-bond acceptors (Lipinski definition) is 2. The topological polar surface area (TPSA) is 47.7 Å². The molecule has 0 aliphatic rings. The largest absolute Gasteiger partial charge is 0.307 e. The van der Waals surface area contributed by atoms with E-state index in [1.165, 1.54) is 0 Å². The third kappa shape index (κ3) is 1.42. The van der Waals surface area contributed by atoms with Crippen molar-refractivity contribution in [1.29, 1.82) is 10.8 Å². The first-order valence-corrected chi connectivity index (χ1v) is 3.82. The van der Waals surface area contributed by atoms with Crippen LogP contribution in [-0.4, -0.2) is 11.9 Å². The van der Waals surface area contributed by atoms with Gasteiger partial charge in [0.15, 0.2) is 0 Å². The minimum atomic E-state index is 0.283. The summed E-state index contributed by atoms with van der Waals surface area (Å²) in [6.07, 6.45) is 1.08. The minimum Gasteiger partial charge on any atom is -0.307 e. The summed E-state index contributed by atoms with van der Waals surface area (Å²) < 4.78 is 0. The second-order valence-electron chi connectivity index (χ2n) is 2.82. The van der Waals surface area contributed by atoms with Gasteiger partial charge in [-0.05, 0) is 25.0 Å². The van der Waals surface area contributed by atoms with Gasteiger partial charge in [-0.15, -0.1) is 0 Å². The molecule has 0 radical (unpaired) electrons. The molecule has 0 aliphatic heterocycles. The first-order valence-electron chi connectivity index (χ1n) is 3.82. The summed E-state index contributed by atoms with van der Waals surface area (Å²) in [4.78, 5) is 0. The third-order valence-corrected chi connectivity index (χ3v) is 1.89. The molecule has 2 N–H and O–H groups in total. The molecule has 0 saturated carbocycles. The van der Waals surface area contributed by atoms with Crippen LogP contribution in [0.5, 0.6) is 0 Å². The maximum atomic E-state index is 7.52. The number of rotatable bonds is 2. The van der Waals surface area contributed by atoms with Crippen molar-refractivity contribution >= 4 is 11.9 Å². The van der Waals surface area contributed by atoms with Gasteiger partial charge in [-0.2, -0.15) is 0 Å². The summed E-state index contributed by atoms with van der Waals surface area (Å²) in [6, 6.07) is 5.88. The van der Waals surface area contributed by atoms with Gasteiger partial charge in [0.05, 0.1) is 5.71 Å². The highest BCUT2D eigenvalue weighted by Gasteiger charge is 2.04. The maximum absolute atomic E-state index is 7.52. The molecular formula is C10H12N2. The van der Waals surface area contributed by atoms with Crippen molar-refractivity contribution in [2.75, 3.05) is 0 Å². The van der Waals surface area contributed by atoms with Gasteiger partial charge in [-0.25, -0.2) is 0 Å². The van der Waals surface area contributed by atoms with Crippen LogP contribution in [0.2, 0.25) is 0 Å². The van der Waals surface area contributed by atoms with Gasteiger partial charge in [0, 0.05) is 11.8 Å². The van der Waals surface area contributed by atoms with E-state index >= 15 is 0 Å². The quantitative estimate of drug-likeness (QED) is 0.624. The molecule has 1 rings (SSSR count). The van der Waals surface area contributed by atoms with E-state index in [1.54, 1.807) is 0 Å². The zero-order chi connectivity index (χ0) is 9.14. The van der Waals surface area contributed by atoms with Gasteiger partial charge in [-0.3, -0.25) is 5.41 Å². The summed E-state index contributed by atoms with van der Waals surface area (Å²) in [6.45, 7) is 3.92. The van der Waals surface area contributed by atoms with E-state index in [-0.39, 0.29) is 5.71 Å². The average molecular weight is 160 g/mol. The molecule has 0 aliphatic carbocycles. The highest BCUT2D eigenvalue weighted by molar-refractivity contribution is 6.36. The zero-order valence-corrected chi connectivity index (χ0v) is 7.31. The van der Waals surface area contributed by atoms with Crippen LogP contribution < -0.4 is 0 Å². The van der Waals surface area contributed by atoms with Crippen molar-refractivity contribution in [1.82, 2.24) is 0 Å². The van der Waals surface area contributed by atoms with Crippen molar-refractivity contribution in [2.45, 2.75) is 13.8 Å².